The third kappa shape index (κ3) is 8.32. The quantitative estimate of drug-likeness (QED) is 0.281. The molecule has 3 rings (SSSR count). The van der Waals surface area contributed by atoms with Crippen molar-refractivity contribution >= 4 is 0 Å². The molecular weight excluding hydrogens is 644 g/mol. The highest BCUT2D eigenvalue weighted by Gasteiger charge is 2.74. The van der Waals surface area contributed by atoms with Gasteiger partial charge in [0.2, 0.25) is 0 Å². The Hall–Kier alpha value is -2.48. The minimum Gasteiger partial charge on any atom is -0.369 e. The molecule has 2 aromatic carbocycles. The van der Waals surface area contributed by atoms with Crippen LogP contribution in [0.25, 0.3) is 0 Å². The summed E-state index contributed by atoms with van der Waals surface area (Å²) in [5.41, 5.74) is -9.97. The van der Waals surface area contributed by atoms with Crippen LogP contribution in [0.4, 0.5) is 52.7 Å². The lowest BCUT2D eigenvalue weighted by molar-refractivity contribution is -0.400. The Morgan fingerprint density at radius 1 is 0.587 bits per heavy atom. The fraction of sp³-hybridized carbons (Fsp3) is 0.625. The number of hydrogen-bond donors (Lipinski definition) is 1. The van der Waals surface area contributed by atoms with Crippen LogP contribution < -0.4 is 0 Å². The summed E-state index contributed by atoms with van der Waals surface area (Å²) in [5, 5.41) is 9.19. The van der Waals surface area contributed by atoms with Crippen molar-refractivity contribution in [3.05, 3.63) is 70.8 Å². The van der Waals surface area contributed by atoms with Gasteiger partial charge in [0, 0.05) is 11.1 Å². The predicted octanol–water partition coefficient (Wildman–Crippen LogP) is 11.4. The molecule has 0 bridgehead atoms. The molecule has 262 valence electrons. The number of benzene rings is 2. The standard InChI is InChI=1S/C19H24F6O.C13H14F6O/c1-3-13(2)14-9-11-15(12-10-14)17(18(20,21)22,19(23,24)25)26-16-7-5-4-6-8-16;1-3-8(2)9-4-6-10(7-5-9)11(20,12(14,15)16)13(17,18)19/h9-13,16H,3-8H2,1-2H3;4-8,20H,3H2,1-2H3. The highest BCUT2D eigenvalue weighted by Crippen LogP contribution is 2.54. The van der Waals surface area contributed by atoms with Crippen molar-refractivity contribution in [2.75, 3.05) is 0 Å². The third-order valence-electron chi connectivity index (χ3n) is 8.52. The van der Waals surface area contributed by atoms with E-state index in [1.54, 1.807) is 6.92 Å². The van der Waals surface area contributed by atoms with E-state index in [-0.39, 0.29) is 24.7 Å². The summed E-state index contributed by atoms with van der Waals surface area (Å²) in [5.74, 6) is 0.0587. The molecule has 2 nitrogen and oxygen atoms in total. The number of ether oxygens (including phenoxy) is 1. The number of alkyl halides is 12. The molecule has 1 aliphatic rings. The summed E-state index contributed by atoms with van der Waals surface area (Å²) in [6.45, 7) is 7.42. The van der Waals surface area contributed by atoms with Crippen LogP contribution in [-0.2, 0) is 15.9 Å². The van der Waals surface area contributed by atoms with E-state index in [0.717, 1.165) is 25.0 Å². The SMILES string of the molecule is CCC(C)c1ccc(C(O)(C(F)(F)F)C(F)(F)F)cc1.CCC(C)c1ccc(C(OC2CCCCC2)(C(F)(F)F)C(F)(F)F)cc1. The average Bonchev–Trinajstić information content (AvgIpc) is 2.97. The number of aliphatic hydroxyl groups is 1. The molecule has 0 aromatic heterocycles. The van der Waals surface area contributed by atoms with Gasteiger partial charge in [0.25, 0.3) is 11.2 Å². The van der Waals surface area contributed by atoms with E-state index in [2.05, 4.69) is 0 Å². The van der Waals surface area contributed by atoms with Gasteiger partial charge in [-0.1, -0.05) is 95.5 Å². The van der Waals surface area contributed by atoms with E-state index >= 15 is 0 Å². The topological polar surface area (TPSA) is 29.5 Å². The molecule has 0 saturated heterocycles. The summed E-state index contributed by atoms with van der Waals surface area (Å²) in [7, 11) is 0. The highest BCUT2D eigenvalue weighted by molar-refractivity contribution is 5.33. The lowest BCUT2D eigenvalue weighted by atomic mass is 9.88. The van der Waals surface area contributed by atoms with Crippen LogP contribution in [0.15, 0.2) is 48.5 Å². The molecule has 1 aliphatic carbocycles. The van der Waals surface area contributed by atoms with Crippen molar-refractivity contribution in [3.8, 4) is 0 Å². The van der Waals surface area contributed by atoms with Crippen molar-refractivity contribution in [1.29, 1.82) is 0 Å². The lowest BCUT2D eigenvalue weighted by Crippen LogP contribution is -2.57. The maximum absolute atomic E-state index is 13.8. The molecule has 0 amide bonds. The van der Waals surface area contributed by atoms with E-state index in [4.69, 9.17) is 4.74 Å². The molecule has 0 spiro atoms. The average molecular weight is 683 g/mol. The fourth-order valence-corrected chi connectivity index (χ4v) is 5.18. The molecule has 2 aromatic rings. The van der Waals surface area contributed by atoms with Crippen LogP contribution in [0.1, 0.15) is 107 Å². The minimum atomic E-state index is -5.84. The molecule has 0 heterocycles. The molecule has 2 atom stereocenters. The van der Waals surface area contributed by atoms with Crippen molar-refractivity contribution in [2.45, 2.75) is 126 Å². The number of halogens is 12. The van der Waals surface area contributed by atoms with Gasteiger partial charge in [-0.05, 0) is 48.6 Å². The van der Waals surface area contributed by atoms with E-state index in [0.29, 0.717) is 42.5 Å². The Morgan fingerprint density at radius 2 is 0.935 bits per heavy atom. The van der Waals surface area contributed by atoms with Gasteiger partial charge in [-0.2, -0.15) is 52.7 Å². The fourth-order valence-electron chi connectivity index (χ4n) is 5.18. The number of rotatable bonds is 8. The van der Waals surface area contributed by atoms with Gasteiger partial charge in [-0.25, -0.2) is 0 Å². The summed E-state index contributed by atoms with van der Waals surface area (Å²) < 4.78 is 163. The van der Waals surface area contributed by atoms with Gasteiger partial charge in [0.15, 0.2) is 0 Å². The van der Waals surface area contributed by atoms with Gasteiger partial charge in [0.1, 0.15) is 0 Å². The van der Waals surface area contributed by atoms with E-state index in [9.17, 15) is 57.8 Å². The van der Waals surface area contributed by atoms with E-state index in [1.807, 2.05) is 20.8 Å². The maximum atomic E-state index is 13.8. The van der Waals surface area contributed by atoms with Crippen molar-refractivity contribution < 1.29 is 62.5 Å². The first-order chi connectivity index (χ1) is 21.0. The van der Waals surface area contributed by atoms with Crippen molar-refractivity contribution in [2.24, 2.45) is 0 Å². The second kappa shape index (κ2) is 14.7. The third-order valence-corrected chi connectivity index (χ3v) is 8.52. The van der Waals surface area contributed by atoms with Crippen LogP contribution in [0.5, 0.6) is 0 Å². The largest absolute Gasteiger partial charge is 0.430 e. The summed E-state index contributed by atoms with van der Waals surface area (Å²) >= 11 is 0. The molecule has 14 heteroatoms. The van der Waals surface area contributed by atoms with Crippen LogP contribution in [0.2, 0.25) is 0 Å². The predicted molar refractivity (Wildman–Crippen MR) is 148 cm³/mol. The zero-order chi connectivity index (χ0) is 35.4. The highest BCUT2D eigenvalue weighted by atomic mass is 19.4. The Bertz CT molecular complexity index is 1180. The molecule has 1 saturated carbocycles. The van der Waals surface area contributed by atoms with Crippen LogP contribution in [0.3, 0.4) is 0 Å². The normalized spacial score (nSPS) is 17.2. The van der Waals surface area contributed by atoms with Gasteiger partial charge in [0.05, 0.1) is 6.10 Å². The molecule has 0 aliphatic heterocycles. The molecule has 1 fully saturated rings. The summed E-state index contributed by atoms with van der Waals surface area (Å²) in [6.07, 6.45) is -20.2. The van der Waals surface area contributed by atoms with Crippen LogP contribution in [-0.4, -0.2) is 35.9 Å². The van der Waals surface area contributed by atoms with E-state index < -0.39 is 53.1 Å². The molecule has 2 unspecified atom stereocenters. The maximum Gasteiger partial charge on any atom is 0.430 e. The monoisotopic (exact) mass is 682 g/mol. The first-order valence-electron chi connectivity index (χ1n) is 14.9. The smallest absolute Gasteiger partial charge is 0.369 e. The first kappa shape index (κ1) is 39.7. The van der Waals surface area contributed by atoms with Crippen molar-refractivity contribution in [1.82, 2.24) is 0 Å². The van der Waals surface area contributed by atoms with Crippen molar-refractivity contribution in [3.63, 3.8) is 0 Å². The zero-order valence-electron chi connectivity index (χ0n) is 25.7. The molecule has 46 heavy (non-hydrogen) atoms. The van der Waals surface area contributed by atoms with Gasteiger partial charge in [-0.3, -0.25) is 0 Å². The summed E-state index contributed by atoms with van der Waals surface area (Å²) in [4.78, 5) is 0. The molecule has 1 N–H and O–H groups in total. The lowest BCUT2D eigenvalue weighted by Gasteiger charge is -2.41. The first-order valence-corrected chi connectivity index (χ1v) is 14.9. The molecular formula is C32H38F12O2. The molecule has 0 radical (unpaired) electrons. The Morgan fingerprint density at radius 3 is 1.24 bits per heavy atom. The van der Waals surface area contributed by atoms with Crippen LogP contribution in [0, 0.1) is 0 Å². The summed E-state index contributed by atoms with van der Waals surface area (Å²) in [6, 6.07) is 8.17. The Labute approximate surface area is 260 Å². The Balaban J connectivity index is 0.000000332. The van der Waals surface area contributed by atoms with Crippen LogP contribution >= 0.6 is 0 Å². The van der Waals surface area contributed by atoms with Gasteiger partial charge < -0.3 is 9.84 Å². The zero-order valence-corrected chi connectivity index (χ0v) is 25.7. The second-order valence-electron chi connectivity index (χ2n) is 11.6. The number of hydrogen-bond acceptors (Lipinski definition) is 2. The van der Waals surface area contributed by atoms with Gasteiger partial charge >= 0.3 is 24.7 Å². The Kier molecular flexibility index (Phi) is 12.7. The second-order valence-corrected chi connectivity index (χ2v) is 11.6. The van der Waals surface area contributed by atoms with Gasteiger partial charge in [-0.15, -0.1) is 0 Å². The van der Waals surface area contributed by atoms with E-state index in [1.165, 1.54) is 24.3 Å². The minimum absolute atomic E-state index is 0.00826.